The van der Waals surface area contributed by atoms with Gasteiger partial charge < -0.3 is 14.6 Å². The minimum atomic E-state index is -0.712. The molecule has 0 saturated heterocycles. The number of rotatable bonds is 3. The van der Waals surface area contributed by atoms with Gasteiger partial charge in [0.2, 0.25) is 5.75 Å². The number of aromatic nitrogens is 2. The van der Waals surface area contributed by atoms with Crippen LogP contribution in [0.4, 0.5) is 0 Å². The Hall–Kier alpha value is -2.63. The molecule has 4 rings (SSSR count). The first kappa shape index (κ1) is 21.6. The average molecular weight is 424 g/mol. The van der Waals surface area contributed by atoms with E-state index in [0.717, 1.165) is 25.7 Å². The Bertz CT molecular complexity index is 1080. The van der Waals surface area contributed by atoms with E-state index in [1.54, 1.807) is 16.5 Å². The molecule has 0 spiro atoms. The summed E-state index contributed by atoms with van der Waals surface area (Å²) in [5.74, 6) is 0.172. The molecule has 1 aromatic rings. The molecule has 1 amide bonds. The molecule has 6 heteroatoms. The second-order valence-corrected chi connectivity index (χ2v) is 9.77. The lowest BCUT2D eigenvalue weighted by molar-refractivity contribution is 0.0659. The number of nitrogens with zero attached hydrogens (tertiary/aromatic N) is 3. The van der Waals surface area contributed by atoms with Crippen molar-refractivity contribution in [2.24, 2.45) is 11.3 Å². The molecule has 166 valence electrons. The summed E-state index contributed by atoms with van der Waals surface area (Å²) < 4.78 is 1.80. The third-order valence-corrected chi connectivity index (χ3v) is 7.65. The maximum Gasteiger partial charge on any atom is 0.315 e. The highest BCUT2D eigenvalue weighted by molar-refractivity contribution is 5.95. The molecule has 31 heavy (non-hydrogen) atoms. The second-order valence-electron chi connectivity index (χ2n) is 9.77. The molecule has 0 radical (unpaired) electrons. The summed E-state index contributed by atoms with van der Waals surface area (Å²) in [6.45, 7) is 9.09. The van der Waals surface area contributed by atoms with E-state index in [2.05, 4.69) is 44.0 Å². The number of aromatic hydroxyl groups is 1. The van der Waals surface area contributed by atoms with Gasteiger partial charge in [0, 0.05) is 31.5 Å². The number of hydrogen-bond donors (Lipinski definition) is 1. The van der Waals surface area contributed by atoms with Gasteiger partial charge in [-0.25, -0.2) is 0 Å². The molecule has 1 aliphatic heterocycles. The first-order chi connectivity index (χ1) is 14.6. The van der Waals surface area contributed by atoms with E-state index in [9.17, 15) is 14.7 Å². The number of amides is 1. The zero-order valence-corrected chi connectivity index (χ0v) is 19.2. The Kier molecular flexibility index (Phi) is 5.44. The van der Waals surface area contributed by atoms with Crippen molar-refractivity contribution >= 4 is 5.91 Å². The van der Waals surface area contributed by atoms with E-state index in [1.165, 1.54) is 16.7 Å². The quantitative estimate of drug-likeness (QED) is 0.797. The van der Waals surface area contributed by atoms with Gasteiger partial charge in [-0.15, -0.1) is 0 Å². The molecule has 3 aliphatic rings. The minimum Gasteiger partial charge on any atom is -0.501 e. The SMILES string of the molecule is CC1=CCC(C)=CC(C2(Cc3nc(=O)c(O)c4n3CC(C)N(C)C4=O)CCCC2C)=C1. The van der Waals surface area contributed by atoms with Crippen molar-refractivity contribution in [2.45, 2.75) is 72.4 Å². The van der Waals surface area contributed by atoms with Gasteiger partial charge in [0.1, 0.15) is 5.82 Å². The minimum absolute atomic E-state index is 0.0381. The van der Waals surface area contributed by atoms with Crippen molar-refractivity contribution in [2.75, 3.05) is 7.05 Å². The van der Waals surface area contributed by atoms with Crippen LogP contribution in [-0.2, 0) is 13.0 Å². The molecular weight excluding hydrogens is 390 g/mol. The van der Waals surface area contributed by atoms with Crippen LogP contribution in [0.5, 0.6) is 5.75 Å². The van der Waals surface area contributed by atoms with Crippen LogP contribution in [0.2, 0.25) is 0 Å². The summed E-state index contributed by atoms with van der Waals surface area (Å²) in [6, 6.07) is -0.0381. The fraction of sp³-hybridized carbons (Fsp3) is 0.560. The van der Waals surface area contributed by atoms with E-state index in [1.807, 2.05) is 6.92 Å². The maximum atomic E-state index is 12.9. The normalized spacial score (nSPS) is 28.6. The summed E-state index contributed by atoms with van der Waals surface area (Å²) >= 11 is 0. The Morgan fingerprint density at radius 2 is 1.97 bits per heavy atom. The summed E-state index contributed by atoms with van der Waals surface area (Å²) in [5.41, 5.74) is 3.10. The van der Waals surface area contributed by atoms with Gasteiger partial charge in [0.15, 0.2) is 5.69 Å². The van der Waals surface area contributed by atoms with E-state index in [0.29, 0.717) is 24.7 Å². The number of likely N-dealkylation sites (N-methyl/N-ethyl adjacent to an activating group) is 1. The lowest BCUT2D eigenvalue weighted by Crippen LogP contribution is -2.47. The first-order valence-corrected chi connectivity index (χ1v) is 11.3. The number of carbonyl (C=O) groups excluding carboxylic acids is 1. The van der Waals surface area contributed by atoms with Gasteiger partial charge in [-0.1, -0.05) is 42.7 Å². The maximum absolute atomic E-state index is 12.9. The summed E-state index contributed by atoms with van der Waals surface area (Å²) in [4.78, 5) is 31.4. The van der Waals surface area contributed by atoms with Crippen LogP contribution >= 0.6 is 0 Å². The van der Waals surface area contributed by atoms with E-state index >= 15 is 0 Å². The van der Waals surface area contributed by atoms with Gasteiger partial charge in [0.05, 0.1) is 0 Å². The fourth-order valence-electron chi connectivity index (χ4n) is 5.49. The van der Waals surface area contributed by atoms with E-state index in [4.69, 9.17) is 0 Å². The molecule has 6 nitrogen and oxygen atoms in total. The van der Waals surface area contributed by atoms with E-state index in [-0.39, 0.29) is 23.1 Å². The zero-order valence-electron chi connectivity index (χ0n) is 19.2. The first-order valence-electron chi connectivity index (χ1n) is 11.3. The molecule has 2 aliphatic carbocycles. The molecule has 0 aromatic carbocycles. The zero-order chi connectivity index (χ0) is 22.5. The highest BCUT2D eigenvalue weighted by atomic mass is 16.3. The van der Waals surface area contributed by atoms with Crippen LogP contribution in [0.15, 0.2) is 39.7 Å². The topological polar surface area (TPSA) is 75.4 Å². The van der Waals surface area contributed by atoms with Gasteiger partial charge in [-0.2, -0.15) is 4.98 Å². The monoisotopic (exact) mass is 423 g/mol. The van der Waals surface area contributed by atoms with Gasteiger partial charge in [0.25, 0.3) is 5.91 Å². The Morgan fingerprint density at radius 3 is 2.65 bits per heavy atom. The summed E-state index contributed by atoms with van der Waals surface area (Å²) in [5, 5.41) is 10.4. The second kappa shape index (κ2) is 7.81. The third kappa shape index (κ3) is 3.56. The molecule has 3 atom stereocenters. The van der Waals surface area contributed by atoms with Crippen molar-refractivity contribution < 1.29 is 9.90 Å². The molecular formula is C25H33N3O3. The molecule has 1 saturated carbocycles. The standard InChI is InChI=1S/C25H33N3O3/c1-15-8-9-16(2)12-19(11-15)25(10-6-7-17(25)3)13-20-26-23(30)22(29)21-24(31)27(5)18(4)14-28(20)21/h8,11-12,17-18,29H,6-7,9-10,13-14H2,1-5H3. The highest BCUT2D eigenvalue weighted by Gasteiger charge is 2.44. The van der Waals surface area contributed by atoms with Gasteiger partial charge in [-0.3, -0.25) is 9.59 Å². The number of hydrogen-bond acceptors (Lipinski definition) is 4. The van der Waals surface area contributed by atoms with Crippen molar-refractivity contribution in [1.82, 2.24) is 14.5 Å². The molecule has 1 N–H and O–H groups in total. The predicted octanol–water partition coefficient (Wildman–Crippen LogP) is 3.99. The van der Waals surface area contributed by atoms with Crippen LogP contribution in [0, 0.1) is 11.3 Å². The number of carbonyl (C=O) groups is 1. The Balaban J connectivity index is 1.88. The molecule has 3 unspecified atom stereocenters. The fourth-order valence-corrected chi connectivity index (χ4v) is 5.49. The lowest BCUT2D eigenvalue weighted by Gasteiger charge is -2.38. The number of allylic oxidation sites excluding steroid dienone is 6. The van der Waals surface area contributed by atoms with Crippen molar-refractivity contribution in [1.29, 1.82) is 0 Å². The summed E-state index contributed by atoms with van der Waals surface area (Å²) in [6.07, 6.45) is 11.7. The van der Waals surface area contributed by atoms with Gasteiger partial charge >= 0.3 is 5.56 Å². The van der Waals surface area contributed by atoms with Crippen LogP contribution in [0.25, 0.3) is 0 Å². The molecule has 1 aromatic heterocycles. The predicted molar refractivity (Wildman–Crippen MR) is 121 cm³/mol. The van der Waals surface area contributed by atoms with Crippen molar-refractivity contribution in [3.05, 3.63) is 56.8 Å². The highest BCUT2D eigenvalue weighted by Crippen LogP contribution is 2.52. The largest absolute Gasteiger partial charge is 0.501 e. The summed E-state index contributed by atoms with van der Waals surface area (Å²) in [7, 11) is 1.71. The van der Waals surface area contributed by atoms with Gasteiger partial charge in [-0.05, 0) is 51.5 Å². The van der Waals surface area contributed by atoms with Crippen LogP contribution < -0.4 is 5.56 Å². The van der Waals surface area contributed by atoms with Crippen LogP contribution in [0.3, 0.4) is 0 Å². The van der Waals surface area contributed by atoms with Crippen LogP contribution in [0.1, 0.15) is 69.7 Å². The van der Waals surface area contributed by atoms with Crippen LogP contribution in [-0.4, -0.2) is 38.6 Å². The molecule has 2 heterocycles. The Labute approximate surface area is 184 Å². The smallest absolute Gasteiger partial charge is 0.315 e. The third-order valence-electron chi connectivity index (χ3n) is 7.65. The lowest BCUT2D eigenvalue weighted by atomic mass is 9.69. The Morgan fingerprint density at radius 1 is 1.23 bits per heavy atom. The molecule has 0 bridgehead atoms. The number of fused-ring (bicyclic) bond motifs is 1. The van der Waals surface area contributed by atoms with E-state index < -0.39 is 11.3 Å². The van der Waals surface area contributed by atoms with Crippen molar-refractivity contribution in [3.63, 3.8) is 0 Å². The average Bonchev–Trinajstić information content (AvgIpc) is 2.99. The molecule has 1 fully saturated rings. The van der Waals surface area contributed by atoms with Crippen molar-refractivity contribution in [3.8, 4) is 5.75 Å².